The van der Waals surface area contributed by atoms with E-state index in [0.29, 0.717) is 12.2 Å². The second-order valence-corrected chi connectivity index (χ2v) is 4.70. The van der Waals surface area contributed by atoms with Crippen molar-refractivity contribution in [1.82, 2.24) is 4.90 Å². The molecule has 1 unspecified atom stereocenters. The van der Waals surface area contributed by atoms with Gasteiger partial charge in [0.1, 0.15) is 5.69 Å². The van der Waals surface area contributed by atoms with Gasteiger partial charge in [0, 0.05) is 18.7 Å². The molecule has 19 heavy (non-hydrogen) atoms. The number of hydrazine groups is 1. The fraction of sp³-hybridized carbons (Fsp3) is 0.500. The molecule has 1 atom stereocenters. The molecule has 7 nitrogen and oxygen atoms in total. The number of nitro groups is 1. The molecule has 1 heterocycles. The molecule has 0 radical (unpaired) electrons. The Morgan fingerprint density at radius 3 is 3.00 bits per heavy atom. The van der Waals surface area contributed by atoms with E-state index in [0.717, 1.165) is 24.9 Å². The SMILES string of the molecule is NNc1ccc(CN2CCCC2CO)cc1[N+](=O)[O-]. The van der Waals surface area contributed by atoms with Crippen LogP contribution in [0.5, 0.6) is 0 Å². The number of rotatable bonds is 5. The maximum Gasteiger partial charge on any atom is 0.293 e. The third-order valence-electron chi connectivity index (χ3n) is 3.51. The van der Waals surface area contributed by atoms with Gasteiger partial charge in [0.15, 0.2) is 0 Å². The predicted octanol–water partition coefficient (Wildman–Crippen LogP) is 0.837. The molecule has 1 saturated heterocycles. The first-order valence-corrected chi connectivity index (χ1v) is 6.24. The van der Waals surface area contributed by atoms with Crippen molar-refractivity contribution in [2.75, 3.05) is 18.6 Å². The lowest BCUT2D eigenvalue weighted by atomic mass is 10.1. The zero-order valence-corrected chi connectivity index (χ0v) is 10.6. The van der Waals surface area contributed by atoms with Gasteiger partial charge < -0.3 is 10.5 Å². The van der Waals surface area contributed by atoms with Gasteiger partial charge in [-0.1, -0.05) is 6.07 Å². The van der Waals surface area contributed by atoms with Gasteiger partial charge in [0.25, 0.3) is 5.69 Å². The van der Waals surface area contributed by atoms with Crippen LogP contribution in [0.15, 0.2) is 18.2 Å². The fourth-order valence-electron chi connectivity index (χ4n) is 2.49. The summed E-state index contributed by atoms with van der Waals surface area (Å²) in [5.41, 5.74) is 3.45. The normalized spacial score (nSPS) is 19.6. The summed E-state index contributed by atoms with van der Waals surface area (Å²) in [5, 5.41) is 20.2. The summed E-state index contributed by atoms with van der Waals surface area (Å²) in [6.07, 6.45) is 2.02. The van der Waals surface area contributed by atoms with E-state index in [9.17, 15) is 15.2 Å². The number of aliphatic hydroxyl groups excluding tert-OH is 1. The second-order valence-electron chi connectivity index (χ2n) is 4.70. The third kappa shape index (κ3) is 3.01. The van der Waals surface area contributed by atoms with Crippen LogP contribution in [0.25, 0.3) is 0 Å². The Labute approximate surface area is 111 Å². The lowest BCUT2D eigenvalue weighted by molar-refractivity contribution is -0.384. The first kappa shape index (κ1) is 13.7. The zero-order valence-electron chi connectivity index (χ0n) is 10.6. The molecule has 1 aliphatic rings. The number of nitrogen functional groups attached to an aromatic ring is 1. The van der Waals surface area contributed by atoms with Crippen molar-refractivity contribution in [3.63, 3.8) is 0 Å². The quantitative estimate of drug-likeness (QED) is 0.414. The van der Waals surface area contributed by atoms with E-state index in [1.54, 1.807) is 6.07 Å². The second kappa shape index (κ2) is 5.96. The molecule has 1 aromatic rings. The van der Waals surface area contributed by atoms with Gasteiger partial charge in [-0.3, -0.25) is 20.9 Å². The predicted molar refractivity (Wildman–Crippen MR) is 71.4 cm³/mol. The van der Waals surface area contributed by atoms with Crippen molar-refractivity contribution < 1.29 is 10.0 Å². The van der Waals surface area contributed by atoms with Crippen molar-refractivity contribution in [2.24, 2.45) is 5.84 Å². The van der Waals surface area contributed by atoms with E-state index in [-0.39, 0.29) is 18.3 Å². The van der Waals surface area contributed by atoms with Crippen LogP contribution in [0, 0.1) is 10.1 Å². The number of nitrogens with zero attached hydrogens (tertiary/aromatic N) is 2. The topological polar surface area (TPSA) is 105 Å². The van der Waals surface area contributed by atoms with Crippen LogP contribution in [-0.2, 0) is 6.54 Å². The first-order valence-electron chi connectivity index (χ1n) is 6.24. The Kier molecular flexibility index (Phi) is 4.31. The lowest BCUT2D eigenvalue weighted by Gasteiger charge is -2.22. The smallest absolute Gasteiger partial charge is 0.293 e. The van der Waals surface area contributed by atoms with E-state index in [2.05, 4.69) is 10.3 Å². The van der Waals surface area contributed by atoms with E-state index in [1.165, 1.54) is 6.07 Å². The number of anilines is 1. The number of benzene rings is 1. The Bertz CT molecular complexity index is 466. The van der Waals surface area contributed by atoms with Crippen LogP contribution >= 0.6 is 0 Å². The summed E-state index contributed by atoms with van der Waals surface area (Å²) in [6, 6.07) is 5.11. The minimum Gasteiger partial charge on any atom is -0.395 e. The van der Waals surface area contributed by atoms with E-state index < -0.39 is 4.92 Å². The van der Waals surface area contributed by atoms with Crippen LogP contribution in [0.2, 0.25) is 0 Å². The van der Waals surface area contributed by atoms with Crippen LogP contribution in [0.4, 0.5) is 11.4 Å². The van der Waals surface area contributed by atoms with Gasteiger partial charge in [-0.15, -0.1) is 0 Å². The Morgan fingerprint density at radius 1 is 1.58 bits per heavy atom. The molecule has 0 bridgehead atoms. The van der Waals surface area contributed by atoms with Gasteiger partial charge in [-0.2, -0.15) is 0 Å². The molecular weight excluding hydrogens is 248 g/mol. The summed E-state index contributed by atoms with van der Waals surface area (Å²) in [5.74, 6) is 5.25. The summed E-state index contributed by atoms with van der Waals surface area (Å²) < 4.78 is 0. The maximum absolute atomic E-state index is 10.9. The van der Waals surface area contributed by atoms with Gasteiger partial charge >= 0.3 is 0 Å². The molecule has 1 fully saturated rings. The summed E-state index contributed by atoms with van der Waals surface area (Å²) >= 11 is 0. The van der Waals surface area contributed by atoms with E-state index >= 15 is 0 Å². The monoisotopic (exact) mass is 266 g/mol. The number of hydrogen-bond donors (Lipinski definition) is 3. The van der Waals surface area contributed by atoms with Crippen molar-refractivity contribution in [3.8, 4) is 0 Å². The molecular formula is C12H18N4O3. The number of aliphatic hydroxyl groups is 1. The van der Waals surface area contributed by atoms with E-state index in [1.807, 2.05) is 6.07 Å². The van der Waals surface area contributed by atoms with Gasteiger partial charge in [-0.25, -0.2) is 0 Å². The molecule has 104 valence electrons. The first-order chi connectivity index (χ1) is 9.15. The van der Waals surface area contributed by atoms with Crippen molar-refractivity contribution in [2.45, 2.75) is 25.4 Å². The number of likely N-dealkylation sites (tertiary alicyclic amines) is 1. The minimum absolute atomic E-state index is 0.0280. The molecule has 0 aliphatic carbocycles. The average molecular weight is 266 g/mol. The minimum atomic E-state index is -0.452. The molecule has 2 rings (SSSR count). The summed E-state index contributed by atoms with van der Waals surface area (Å²) in [7, 11) is 0. The number of nitrogens with one attached hydrogen (secondary N) is 1. The molecule has 1 aromatic carbocycles. The fourth-order valence-corrected chi connectivity index (χ4v) is 2.49. The number of nitrogens with two attached hydrogens (primary N) is 1. The van der Waals surface area contributed by atoms with Crippen LogP contribution in [-0.4, -0.2) is 34.1 Å². The van der Waals surface area contributed by atoms with Crippen LogP contribution < -0.4 is 11.3 Å². The average Bonchev–Trinajstić information content (AvgIpc) is 2.85. The van der Waals surface area contributed by atoms with Gasteiger partial charge in [-0.05, 0) is 31.0 Å². The highest BCUT2D eigenvalue weighted by molar-refractivity contribution is 5.61. The molecule has 7 heteroatoms. The number of hydrogen-bond acceptors (Lipinski definition) is 6. The van der Waals surface area contributed by atoms with Crippen molar-refractivity contribution in [1.29, 1.82) is 0 Å². The Morgan fingerprint density at radius 2 is 2.37 bits per heavy atom. The summed E-state index contributed by atoms with van der Waals surface area (Å²) in [6.45, 7) is 1.65. The lowest BCUT2D eigenvalue weighted by Crippen LogP contribution is -2.31. The van der Waals surface area contributed by atoms with Crippen LogP contribution in [0.1, 0.15) is 18.4 Å². The maximum atomic E-state index is 10.9. The highest BCUT2D eigenvalue weighted by atomic mass is 16.6. The van der Waals surface area contributed by atoms with Gasteiger partial charge in [0.2, 0.25) is 0 Å². The van der Waals surface area contributed by atoms with E-state index in [4.69, 9.17) is 5.84 Å². The molecule has 4 N–H and O–H groups in total. The Balaban J connectivity index is 2.17. The zero-order chi connectivity index (χ0) is 13.8. The van der Waals surface area contributed by atoms with Crippen molar-refractivity contribution >= 4 is 11.4 Å². The summed E-state index contributed by atoms with van der Waals surface area (Å²) in [4.78, 5) is 12.6. The standard InChI is InChI=1S/C12H18N4O3/c13-14-11-4-3-9(6-12(11)16(18)19)7-15-5-1-2-10(15)8-17/h3-4,6,10,14,17H,1-2,5,7-8,13H2. The largest absolute Gasteiger partial charge is 0.395 e. The molecule has 0 spiro atoms. The molecule has 0 aromatic heterocycles. The molecule has 1 aliphatic heterocycles. The Hall–Kier alpha value is -1.70. The van der Waals surface area contributed by atoms with Crippen LogP contribution in [0.3, 0.4) is 0 Å². The highest BCUT2D eigenvalue weighted by Crippen LogP contribution is 2.27. The highest BCUT2D eigenvalue weighted by Gasteiger charge is 2.24. The molecule has 0 saturated carbocycles. The van der Waals surface area contributed by atoms with Gasteiger partial charge in [0.05, 0.1) is 11.5 Å². The van der Waals surface area contributed by atoms with Crippen molar-refractivity contribution in [3.05, 3.63) is 33.9 Å². The number of nitro benzene ring substituents is 1. The third-order valence-corrected chi connectivity index (χ3v) is 3.51. The molecule has 0 amide bonds.